The van der Waals surface area contributed by atoms with Gasteiger partial charge in [0.25, 0.3) is 5.91 Å². The van der Waals surface area contributed by atoms with Gasteiger partial charge in [-0.15, -0.1) is 0 Å². The highest BCUT2D eigenvalue weighted by atomic mass is 16.5. The molecule has 3 rings (SSSR count). The van der Waals surface area contributed by atoms with E-state index in [0.29, 0.717) is 23.3 Å². The van der Waals surface area contributed by atoms with Crippen LogP contribution in [0.4, 0.5) is 5.69 Å². The number of hydrogen-bond acceptors (Lipinski definition) is 7. The SMILES string of the molecule is CNCc1cccc(OC)c1.O=CC1NC(=O)c2c(cccc2OCCO)N1. The van der Waals surface area contributed by atoms with Crippen molar-refractivity contribution < 1.29 is 24.2 Å². The molecule has 0 spiro atoms. The molecule has 0 aromatic heterocycles. The predicted molar refractivity (Wildman–Crippen MR) is 106 cm³/mol. The van der Waals surface area contributed by atoms with E-state index in [0.717, 1.165) is 12.3 Å². The molecule has 8 heteroatoms. The number of carbonyl (C=O) groups is 2. The van der Waals surface area contributed by atoms with Crippen LogP contribution in [0.1, 0.15) is 15.9 Å². The van der Waals surface area contributed by atoms with Gasteiger partial charge in [-0.1, -0.05) is 18.2 Å². The van der Waals surface area contributed by atoms with Gasteiger partial charge in [0.1, 0.15) is 23.7 Å². The Morgan fingerprint density at radius 1 is 1.21 bits per heavy atom. The molecule has 0 radical (unpaired) electrons. The number of fused-ring (bicyclic) bond motifs is 1. The first kappa shape index (κ1) is 21.2. The molecule has 1 aliphatic rings. The van der Waals surface area contributed by atoms with E-state index >= 15 is 0 Å². The number of hydrogen-bond donors (Lipinski definition) is 4. The third-order valence-corrected chi connectivity index (χ3v) is 3.85. The molecule has 1 atom stereocenters. The van der Waals surface area contributed by atoms with Crippen molar-refractivity contribution in [2.75, 3.05) is 32.7 Å². The first-order valence-corrected chi connectivity index (χ1v) is 8.79. The maximum absolute atomic E-state index is 11.8. The topological polar surface area (TPSA) is 109 Å². The van der Waals surface area contributed by atoms with Crippen LogP contribution in [0.15, 0.2) is 42.5 Å². The molecule has 0 fully saturated rings. The van der Waals surface area contributed by atoms with Crippen LogP contribution in [0.2, 0.25) is 0 Å². The van der Waals surface area contributed by atoms with Gasteiger partial charge in [0.05, 0.1) is 19.4 Å². The summed E-state index contributed by atoms with van der Waals surface area (Å²) in [6, 6.07) is 13.1. The van der Waals surface area contributed by atoms with Gasteiger partial charge in [0, 0.05) is 6.54 Å². The van der Waals surface area contributed by atoms with E-state index in [1.54, 1.807) is 25.3 Å². The fraction of sp³-hybridized carbons (Fsp3) is 0.300. The van der Waals surface area contributed by atoms with E-state index in [1.165, 1.54) is 5.56 Å². The van der Waals surface area contributed by atoms with Gasteiger partial charge in [0.15, 0.2) is 12.5 Å². The van der Waals surface area contributed by atoms with Gasteiger partial charge in [-0.05, 0) is 36.9 Å². The van der Waals surface area contributed by atoms with Crippen LogP contribution in [-0.2, 0) is 11.3 Å². The predicted octanol–water partition coefficient (Wildman–Crippen LogP) is 1.15. The molecule has 8 nitrogen and oxygen atoms in total. The smallest absolute Gasteiger partial charge is 0.259 e. The number of methoxy groups -OCH3 is 1. The van der Waals surface area contributed by atoms with Crippen LogP contribution in [0.5, 0.6) is 11.5 Å². The zero-order chi connectivity index (χ0) is 20.4. The first-order valence-electron chi connectivity index (χ1n) is 8.79. The number of amides is 1. The van der Waals surface area contributed by atoms with Gasteiger partial charge < -0.3 is 30.5 Å². The minimum Gasteiger partial charge on any atom is -0.497 e. The number of carbonyl (C=O) groups excluding carboxylic acids is 2. The highest BCUT2D eigenvalue weighted by molar-refractivity contribution is 6.05. The molecule has 150 valence electrons. The summed E-state index contributed by atoms with van der Waals surface area (Å²) in [5.41, 5.74) is 2.13. The second-order valence-corrected chi connectivity index (χ2v) is 5.86. The second kappa shape index (κ2) is 10.9. The van der Waals surface area contributed by atoms with E-state index in [1.807, 2.05) is 25.2 Å². The average molecular weight is 387 g/mol. The van der Waals surface area contributed by atoms with Gasteiger partial charge in [-0.25, -0.2) is 0 Å². The summed E-state index contributed by atoms with van der Waals surface area (Å²) < 4.78 is 10.3. The van der Waals surface area contributed by atoms with Crippen LogP contribution in [0, 0.1) is 0 Å². The summed E-state index contributed by atoms with van der Waals surface area (Å²) in [6.45, 7) is 0.869. The number of ether oxygens (including phenoxy) is 2. The lowest BCUT2D eigenvalue weighted by Crippen LogP contribution is -2.46. The van der Waals surface area contributed by atoms with E-state index < -0.39 is 6.17 Å². The fourth-order valence-corrected chi connectivity index (χ4v) is 2.63. The molecule has 2 aromatic rings. The Morgan fingerprint density at radius 3 is 2.68 bits per heavy atom. The summed E-state index contributed by atoms with van der Waals surface area (Å²) in [7, 11) is 3.61. The van der Waals surface area contributed by atoms with E-state index in [2.05, 4.69) is 22.0 Å². The maximum atomic E-state index is 11.8. The van der Waals surface area contributed by atoms with Crippen LogP contribution in [0.25, 0.3) is 0 Å². The van der Waals surface area contributed by atoms with E-state index in [-0.39, 0.29) is 19.1 Å². The van der Waals surface area contributed by atoms with Crippen molar-refractivity contribution in [2.24, 2.45) is 0 Å². The second-order valence-electron chi connectivity index (χ2n) is 5.86. The molecule has 28 heavy (non-hydrogen) atoms. The molecule has 0 aliphatic carbocycles. The fourth-order valence-electron chi connectivity index (χ4n) is 2.63. The normalized spacial score (nSPS) is 14.5. The van der Waals surface area contributed by atoms with E-state index in [9.17, 15) is 9.59 Å². The van der Waals surface area contributed by atoms with Crippen molar-refractivity contribution in [1.29, 1.82) is 0 Å². The van der Waals surface area contributed by atoms with Crippen LogP contribution < -0.4 is 25.4 Å². The Balaban J connectivity index is 0.000000221. The standard InChI is InChI=1S/C11H12N2O4.C9H13NO/c14-4-5-17-8-3-1-2-7-10(8)11(16)13-9(6-15)12-7;1-10-7-8-4-3-5-9(6-8)11-2/h1-3,6,9,12,14H,4-5H2,(H,13,16);3-6,10H,7H2,1-2H3. The zero-order valence-electron chi connectivity index (χ0n) is 15.9. The molecule has 2 aromatic carbocycles. The van der Waals surface area contributed by atoms with Crippen molar-refractivity contribution in [2.45, 2.75) is 12.7 Å². The number of nitrogens with one attached hydrogen (secondary N) is 3. The molecule has 0 saturated carbocycles. The lowest BCUT2D eigenvalue weighted by Gasteiger charge is -2.25. The Bertz CT molecular complexity index is 797. The molecule has 1 unspecified atom stereocenters. The largest absolute Gasteiger partial charge is 0.497 e. The van der Waals surface area contributed by atoms with Gasteiger partial charge in [0.2, 0.25) is 0 Å². The van der Waals surface area contributed by atoms with Crippen molar-refractivity contribution in [3.05, 3.63) is 53.6 Å². The number of aldehydes is 1. The Hall–Kier alpha value is -3.10. The van der Waals surface area contributed by atoms with Crippen LogP contribution in [0.3, 0.4) is 0 Å². The third-order valence-electron chi connectivity index (χ3n) is 3.85. The molecular weight excluding hydrogens is 362 g/mol. The highest BCUT2D eigenvalue weighted by Crippen LogP contribution is 2.29. The number of aliphatic hydroxyl groups excluding tert-OH is 1. The Labute approximate surface area is 163 Å². The quantitative estimate of drug-likeness (QED) is 0.528. The lowest BCUT2D eigenvalue weighted by molar-refractivity contribution is -0.108. The molecular formula is C20H25N3O5. The maximum Gasteiger partial charge on any atom is 0.259 e. The molecule has 1 aliphatic heterocycles. The molecule has 0 saturated heterocycles. The summed E-state index contributed by atoms with van der Waals surface area (Å²) in [5.74, 6) is 0.924. The third kappa shape index (κ3) is 5.70. The molecule has 4 N–H and O–H groups in total. The average Bonchev–Trinajstić information content (AvgIpc) is 2.72. The molecule has 0 bridgehead atoms. The summed E-state index contributed by atoms with van der Waals surface area (Å²) in [6.07, 6.45) is -0.106. The Morgan fingerprint density at radius 2 is 2.00 bits per heavy atom. The monoisotopic (exact) mass is 387 g/mol. The number of anilines is 1. The summed E-state index contributed by atoms with van der Waals surface area (Å²) in [5, 5.41) is 17.1. The van der Waals surface area contributed by atoms with Crippen molar-refractivity contribution in [3.63, 3.8) is 0 Å². The van der Waals surface area contributed by atoms with Gasteiger partial charge >= 0.3 is 0 Å². The van der Waals surface area contributed by atoms with Gasteiger partial charge in [-0.3, -0.25) is 9.59 Å². The van der Waals surface area contributed by atoms with Crippen molar-refractivity contribution in [3.8, 4) is 11.5 Å². The minimum absolute atomic E-state index is 0.112. The van der Waals surface area contributed by atoms with Crippen LogP contribution >= 0.6 is 0 Å². The number of rotatable bonds is 7. The zero-order valence-corrected chi connectivity index (χ0v) is 15.9. The molecule has 1 heterocycles. The highest BCUT2D eigenvalue weighted by Gasteiger charge is 2.26. The van der Waals surface area contributed by atoms with Gasteiger partial charge in [-0.2, -0.15) is 0 Å². The lowest BCUT2D eigenvalue weighted by atomic mass is 10.1. The number of aliphatic hydroxyl groups is 1. The summed E-state index contributed by atoms with van der Waals surface area (Å²) in [4.78, 5) is 22.4. The number of benzene rings is 2. The van der Waals surface area contributed by atoms with Crippen LogP contribution in [-0.4, -0.2) is 50.8 Å². The minimum atomic E-state index is -0.719. The Kier molecular flexibility index (Phi) is 8.26. The first-order chi connectivity index (χ1) is 13.6. The van der Waals surface area contributed by atoms with Crippen molar-refractivity contribution >= 4 is 17.9 Å². The summed E-state index contributed by atoms with van der Waals surface area (Å²) >= 11 is 0. The molecule has 1 amide bonds. The van der Waals surface area contributed by atoms with E-state index in [4.69, 9.17) is 14.6 Å². The van der Waals surface area contributed by atoms with Crippen molar-refractivity contribution in [1.82, 2.24) is 10.6 Å².